The SMILES string of the molecule is COc1ccc([C@@H]2CC(=O)C3=C(C2)NC2=C(C(=O)C[C@@H](c4ccc(OC)cc4)C2)C3c2ccccc2)cc1. The third-order valence-electron chi connectivity index (χ3n) is 8.20. The molecule has 3 aromatic carbocycles. The maximum atomic E-state index is 13.8. The molecule has 2 atom stereocenters. The second-order valence-electron chi connectivity index (χ2n) is 10.4. The summed E-state index contributed by atoms with van der Waals surface area (Å²) >= 11 is 0. The van der Waals surface area contributed by atoms with E-state index in [-0.39, 0.29) is 29.3 Å². The van der Waals surface area contributed by atoms with Gasteiger partial charge in [0.1, 0.15) is 11.5 Å². The van der Waals surface area contributed by atoms with Gasteiger partial charge in [-0.25, -0.2) is 0 Å². The Balaban J connectivity index is 1.38. The van der Waals surface area contributed by atoms with E-state index in [1.165, 1.54) is 0 Å². The summed E-state index contributed by atoms with van der Waals surface area (Å²) in [6.07, 6.45) is 2.33. The first kappa shape index (κ1) is 24.2. The summed E-state index contributed by atoms with van der Waals surface area (Å²) in [6, 6.07) is 26.0. The van der Waals surface area contributed by atoms with E-state index in [0.717, 1.165) is 63.6 Å². The smallest absolute Gasteiger partial charge is 0.162 e. The van der Waals surface area contributed by atoms with E-state index in [2.05, 4.69) is 5.32 Å². The molecule has 1 heterocycles. The van der Waals surface area contributed by atoms with Gasteiger partial charge in [-0.1, -0.05) is 54.6 Å². The number of dihydropyridines is 1. The summed E-state index contributed by atoms with van der Waals surface area (Å²) in [7, 11) is 3.31. The lowest BCUT2D eigenvalue weighted by Gasteiger charge is -2.40. The van der Waals surface area contributed by atoms with Crippen LogP contribution < -0.4 is 14.8 Å². The molecule has 3 aromatic rings. The van der Waals surface area contributed by atoms with Crippen LogP contribution in [-0.4, -0.2) is 25.8 Å². The molecule has 6 rings (SSSR count). The molecule has 1 N–H and O–H groups in total. The van der Waals surface area contributed by atoms with E-state index in [1.54, 1.807) is 14.2 Å². The number of nitrogens with one attached hydrogen (secondary N) is 1. The molecule has 5 nitrogen and oxygen atoms in total. The molecule has 0 unspecified atom stereocenters. The topological polar surface area (TPSA) is 64.6 Å². The zero-order valence-corrected chi connectivity index (χ0v) is 21.7. The van der Waals surface area contributed by atoms with E-state index in [0.29, 0.717) is 12.8 Å². The van der Waals surface area contributed by atoms with Crippen LogP contribution in [-0.2, 0) is 9.59 Å². The van der Waals surface area contributed by atoms with Gasteiger partial charge >= 0.3 is 0 Å². The lowest BCUT2D eigenvalue weighted by molar-refractivity contribution is -0.117. The number of ketones is 2. The zero-order chi connectivity index (χ0) is 26.2. The first-order valence-electron chi connectivity index (χ1n) is 13.2. The Hall–Kier alpha value is -4.12. The molecule has 192 valence electrons. The molecule has 0 bridgehead atoms. The molecule has 0 aromatic heterocycles. The van der Waals surface area contributed by atoms with Crippen molar-refractivity contribution >= 4 is 11.6 Å². The Labute approximate surface area is 223 Å². The predicted octanol–water partition coefficient (Wildman–Crippen LogP) is 6.19. The highest BCUT2D eigenvalue weighted by Crippen LogP contribution is 2.49. The number of Topliss-reactive ketones (excluding diaryl/α,β-unsaturated/α-hetero) is 2. The fraction of sp³-hybridized carbons (Fsp3) is 0.273. The van der Waals surface area contributed by atoms with Crippen LogP contribution in [0.2, 0.25) is 0 Å². The van der Waals surface area contributed by atoms with Crippen LogP contribution in [0, 0.1) is 0 Å². The number of allylic oxidation sites excluding steroid dienone is 4. The second kappa shape index (κ2) is 9.97. The molecule has 0 spiro atoms. The number of hydrogen-bond donors (Lipinski definition) is 1. The molecule has 5 heteroatoms. The van der Waals surface area contributed by atoms with Crippen LogP contribution in [0.5, 0.6) is 11.5 Å². The van der Waals surface area contributed by atoms with Crippen molar-refractivity contribution < 1.29 is 19.1 Å². The van der Waals surface area contributed by atoms with Gasteiger partial charge in [-0.3, -0.25) is 9.59 Å². The highest BCUT2D eigenvalue weighted by molar-refractivity contribution is 6.07. The number of ether oxygens (including phenoxy) is 2. The van der Waals surface area contributed by atoms with E-state index >= 15 is 0 Å². The van der Waals surface area contributed by atoms with E-state index in [4.69, 9.17) is 9.47 Å². The quantitative estimate of drug-likeness (QED) is 0.448. The van der Waals surface area contributed by atoms with Gasteiger partial charge in [0.05, 0.1) is 14.2 Å². The number of benzene rings is 3. The average molecular weight is 506 g/mol. The van der Waals surface area contributed by atoms with Crippen molar-refractivity contribution in [1.82, 2.24) is 5.32 Å². The third kappa shape index (κ3) is 4.32. The van der Waals surface area contributed by atoms with Crippen molar-refractivity contribution in [2.75, 3.05) is 14.2 Å². The van der Waals surface area contributed by atoms with Gasteiger partial charge in [0.15, 0.2) is 11.6 Å². The maximum absolute atomic E-state index is 13.8. The summed E-state index contributed by atoms with van der Waals surface area (Å²) in [4.78, 5) is 27.6. The molecule has 0 saturated heterocycles. The summed E-state index contributed by atoms with van der Waals surface area (Å²) in [5.41, 5.74) is 6.68. The number of carbonyl (C=O) groups is 2. The molecule has 0 radical (unpaired) electrons. The van der Waals surface area contributed by atoms with E-state index < -0.39 is 0 Å². The normalized spacial score (nSPS) is 21.5. The number of rotatable bonds is 5. The van der Waals surface area contributed by atoms with Crippen LogP contribution >= 0.6 is 0 Å². The van der Waals surface area contributed by atoms with Crippen molar-refractivity contribution in [3.8, 4) is 11.5 Å². The average Bonchev–Trinajstić information content (AvgIpc) is 2.96. The minimum atomic E-state index is -0.323. The summed E-state index contributed by atoms with van der Waals surface area (Å²) in [5.74, 6) is 1.67. The van der Waals surface area contributed by atoms with Crippen LogP contribution in [0.3, 0.4) is 0 Å². The van der Waals surface area contributed by atoms with Gasteiger partial charge in [-0.2, -0.15) is 0 Å². The lowest BCUT2D eigenvalue weighted by Crippen LogP contribution is -2.38. The first-order valence-corrected chi connectivity index (χ1v) is 13.2. The van der Waals surface area contributed by atoms with E-state index in [9.17, 15) is 9.59 Å². The highest BCUT2D eigenvalue weighted by Gasteiger charge is 2.43. The molecule has 0 saturated carbocycles. The molecular formula is C33H31NO4. The van der Waals surface area contributed by atoms with E-state index in [1.807, 2.05) is 78.9 Å². The predicted molar refractivity (Wildman–Crippen MR) is 146 cm³/mol. The standard InChI is InChI=1S/C33H31NO4/c1-37-25-12-8-20(9-13-25)23-16-27-32(29(35)18-23)31(22-6-4-3-5-7-22)33-28(34-27)17-24(19-30(33)36)21-10-14-26(38-2)15-11-21/h3-15,23-24,31,34H,16-19H2,1-2H3/t23-,24-/m0/s1. The van der Waals surface area contributed by atoms with Crippen molar-refractivity contribution in [1.29, 1.82) is 0 Å². The highest BCUT2D eigenvalue weighted by atomic mass is 16.5. The number of methoxy groups -OCH3 is 2. The van der Waals surface area contributed by atoms with Gasteiger partial charge in [-0.15, -0.1) is 0 Å². The van der Waals surface area contributed by atoms with Gasteiger partial charge < -0.3 is 14.8 Å². The third-order valence-corrected chi connectivity index (χ3v) is 8.20. The minimum Gasteiger partial charge on any atom is -0.497 e. The second-order valence-corrected chi connectivity index (χ2v) is 10.4. The first-order chi connectivity index (χ1) is 18.6. The summed E-state index contributed by atoms with van der Waals surface area (Å²) in [6.45, 7) is 0. The zero-order valence-electron chi connectivity index (χ0n) is 21.7. The maximum Gasteiger partial charge on any atom is 0.162 e. The van der Waals surface area contributed by atoms with Crippen molar-refractivity contribution in [2.24, 2.45) is 0 Å². The van der Waals surface area contributed by atoms with Crippen molar-refractivity contribution in [2.45, 2.75) is 43.4 Å². The largest absolute Gasteiger partial charge is 0.497 e. The molecular weight excluding hydrogens is 474 g/mol. The Morgan fingerprint density at radius 1 is 0.579 bits per heavy atom. The van der Waals surface area contributed by atoms with Crippen LogP contribution in [0.15, 0.2) is 101 Å². The van der Waals surface area contributed by atoms with Crippen molar-refractivity contribution in [3.05, 3.63) is 118 Å². The minimum absolute atomic E-state index is 0.0786. The molecule has 38 heavy (non-hydrogen) atoms. The molecule has 0 amide bonds. The van der Waals surface area contributed by atoms with Gasteiger partial charge in [0.2, 0.25) is 0 Å². The van der Waals surface area contributed by atoms with Crippen LogP contribution in [0.1, 0.15) is 60.1 Å². The number of hydrogen-bond acceptors (Lipinski definition) is 5. The lowest BCUT2D eigenvalue weighted by atomic mass is 9.67. The Kier molecular flexibility index (Phi) is 6.36. The van der Waals surface area contributed by atoms with Crippen LogP contribution in [0.25, 0.3) is 0 Å². The summed E-state index contributed by atoms with van der Waals surface area (Å²) < 4.78 is 10.6. The number of carbonyl (C=O) groups excluding carboxylic acids is 2. The Morgan fingerprint density at radius 2 is 1.03 bits per heavy atom. The van der Waals surface area contributed by atoms with Gasteiger partial charge in [0.25, 0.3) is 0 Å². The molecule has 1 aliphatic heterocycles. The van der Waals surface area contributed by atoms with Crippen molar-refractivity contribution in [3.63, 3.8) is 0 Å². The van der Waals surface area contributed by atoms with Gasteiger partial charge in [-0.05, 0) is 65.6 Å². The molecule has 2 aliphatic carbocycles. The van der Waals surface area contributed by atoms with Gasteiger partial charge in [0, 0.05) is 41.3 Å². The molecule has 3 aliphatic rings. The molecule has 0 fully saturated rings. The fourth-order valence-corrected chi connectivity index (χ4v) is 6.30. The Bertz CT molecular complexity index is 1340. The monoisotopic (exact) mass is 505 g/mol. The Morgan fingerprint density at radius 3 is 1.45 bits per heavy atom. The summed E-state index contributed by atoms with van der Waals surface area (Å²) in [5, 5.41) is 3.63. The van der Waals surface area contributed by atoms with Crippen LogP contribution in [0.4, 0.5) is 0 Å². The fourth-order valence-electron chi connectivity index (χ4n) is 6.30.